The van der Waals surface area contributed by atoms with Gasteiger partial charge in [-0.15, -0.1) is 5.10 Å². The third kappa shape index (κ3) is 3.50. The predicted molar refractivity (Wildman–Crippen MR) is 71.8 cm³/mol. The lowest BCUT2D eigenvalue weighted by atomic mass is 9.97. The van der Waals surface area contributed by atoms with E-state index in [2.05, 4.69) is 14.9 Å². The molecule has 19 heavy (non-hydrogen) atoms. The molecule has 6 nitrogen and oxygen atoms in total. The first-order valence-electron chi connectivity index (χ1n) is 6.56. The minimum absolute atomic E-state index is 0.0572. The summed E-state index contributed by atoms with van der Waals surface area (Å²) in [5.41, 5.74) is 0. The normalized spacial score (nSPS) is 19.2. The molecule has 0 radical (unpaired) electrons. The second kappa shape index (κ2) is 6.60. The summed E-state index contributed by atoms with van der Waals surface area (Å²) in [6, 6.07) is 0. The van der Waals surface area contributed by atoms with Crippen LogP contribution in [0.2, 0.25) is 0 Å². The van der Waals surface area contributed by atoms with E-state index in [0.29, 0.717) is 24.5 Å². The number of piperidine rings is 1. The van der Waals surface area contributed by atoms with Crippen LogP contribution in [0.5, 0.6) is 0 Å². The standard InChI is InChI=1S/C12H18N4O2S/c1-2-5-13-11(17)9-4-3-6-16(8-9)12(18)10-7-14-15-19-10/h7,9H,2-6,8H2,1H3,(H,13,17). The van der Waals surface area contributed by atoms with Crippen LogP contribution in [-0.4, -0.2) is 45.9 Å². The summed E-state index contributed by atoms with van der Waals surface area (Å²) in [5.74, 6) is -0.102. The number of aromatic nitrogens is 2. The summed E-state index contributed by atoms with van der Waals surface area (Å²) in [6.07, 6.45) is 4.11. The van der Waals surface area contributed by atoms with E-state index in [1.807, 2.05) is 6.92 Å². The van der Waals surface area contributed by atoms with Crippen molar-refractivity contribution in [2.75, 3.05) is 19.6 Å². The Kier molecular flexibility index (Phi) is 4.84. The van der Waals surface area contributed by atoms with Crippen molar-refractivity contribution in [2.45, 2.75) is 26.2 Å². The lowest BCUT2D eigenvalue weighted by Crippen LogP contribution is -2.45. The fraction of sp³-hybridized carbons (Fsp3) is 0.667. The maximum absolute atomic E-state index is 12.2. The molecule has 7 heteroatoms. The van der Waals surface area contributed by atoms with Gasteiger partial charge in [0, 0.05) is 19.6 Å². The zero-order valence-electron chi connectivity index (χ0n) is 11.0. The van der Waals surface area contributed by atoms with Crippen LogP contribution in [0.4, 0.5) is 0 Å². The highest BCUT2D eigenvalue weighted by atomic mass is 32.1. The highest BCUT2D eigenvalue weighted by Gasteiger charge is 2.29. The zero-order chi connectivity index (χ0) is 13.7. The largest absolute Gasteiger partial charge is 0.356 e. The summed E-state index contributed by atoms with van der Waals surface area (Å²) in [4.78, 5) is 26.4. The Bertz CT molecular complexity index is 435. The molecular formula is C12H18N4O2S. The van der Waals surface area contributed by atoms with E-state index < -0.39 is 0 Å². The Balaban J connectivity index is 1.93. The zero-order valence-corrected chi connectivity index (χ0v) is 11.8. The maximum Gasteiger partial charge on any atom is 0.267 e. The highest BCUT2D eigenvalue weighted by molar-refractivity contribution is 7.07. The second-order valence-corrected chi connectivity index (χ2v) is 5.45. The second-order valence-electron chi connectivity index (χ2n) is 4.66. The number of hydrogen-bond donors (Lipinski definition) is 1. The van der Waals surface area contributed by atoms with Crippen molar-refractivity contribution < 1.29 is 9.59 Å². The van der Waals surface area contributed by atoms with Gasteiger partial charge < -0.3 is 10.2 Å². The predicted octanol–water partition coefficient (Wildman–Crippen LogP) is 0.916. The van der Waals surface area contributed by atoms with Crippen molar-refractivity contribution in [2.24, 2.45) is 5.92 Å². The van der Waals surface area contributed by atoms with Gasteiger partial charge in [0.2, 0.25) is 5.91 Å². The molecule has 0 aromatic carbocycles. The molecule has 2 heterocycles. The summed E-state index contributed by atoms with van der Waals surface area (Å²) in [6.45, 7) is 3.91. The van der Waals surface area contributed by atoms with Crippen LogP contribution in [0.1, 0.15) is 35.9 Å². The maximum atomic E-state index is 12.2. The van der Waals surface area contributed by atoms with Gasteiger partial charge in [-0.05, 0) is 30.8 Å². The number of carbonyl (C=O) groups excluding carboxylic acids is 2. The number of hydrogen-bond acceptors (Lipinski definition) is 5. The van der Waals surface area contributed by atoms with Crippen molar-refractivity contribution in [1.29, 1.82) is 0 Å². The smallest absolute Gasteiger partial charge is 0.267 e. The molecule has 1 fully saturated rings. The lowest BCUT2D eigenvalue weighted by molar-refractivity contribution is -0.126. The quantitative estimate of drug-likeness (QED) is 0.891. The van der Waals surface area contributed by atoms with Crippen LogP contribution in [0, 0.1) is 5.92 Å². The van der Waals surface area contributed by atoms with Gasteiger partial charge in [0.1, 0.15) is 4.88 Å². The Hall–Kier alpha value is -1.50. The average molecular weight is 282 g/mol. The van der Waals surface area contributed by atoms with Crippen LogP contribution in [0.15, 0.2) is 6.20 Å². The Morgan fingerprint density at radius 2 is 2.42 bits per heavy atom. The van der Waals surface area contributed by atoms with Gasteiger partial charge in [0.15, 0.2) is 0 Å². The van der Waals surface area contributed by atoms with Crippen LogP contribution in [0.3, 0.4) is 0 Å². The number of nitrogens with zero attached hydrogens (tertiary/aromatic N) is 3. The fourth-order valence-corrected chi connectivity index (χ4v) is 2.67. The minimum Gasteiger partial charge on any atom is -0.356 e. The first kappa shape index (κ1) is 13.9. The van der Waals surface area contributed by atoms with Gasteiger partial charge in [-0.25, -0.2) is 0 Å². The molecule has 104 valence electrons. The molecule has 0 saturated carbocycles. The van der Waals surface area contributed by atoms with Crippen molar-refractivity contribution in [1.82, 2.24) is 19.8 Å². The molecule has 1 N–H and O–H groups in total. The number of amides is 2. The van der Waals surface area contributed by atoms with Gasteiger partial charge in [-0.3, -0.25) is 9.59 Å². The van der Waals surface area contributed by atoms with Gasteiger partial charge in [-0.2, -0.15) is 0 Å². The Morgan fingerprint density at radius 3 is 3.11 bits per heavy atom. The molecule has 1 aromatic heterocycles. The van der Waals surface area contributed by atoms with Crippen LogP contribution >= 0.6 is 11.5 Å². The molecule has 1 aliphatic heterocycles. The Labute approximate surface area is 116 Å². The van der Waals surface area contributed by atoms with Gasteiger partial charge in [0.25, 0.3) is 5.91 Å². The van der Waals surface area contributed by atoms with Crippen molar-refractivity contribution in [3.63, 3.8) is 0 Å². The van der Waals surface area contributed by atoms with E-state index in [1.54, 1.807) is 4.90 Å². The third-order valence-electron chi connectivity index (χ3n) is 3.20. The van der Waals surface area contributed by atoms with E-state index in [0.717, 1.165) is 30.8 Å². The molecule has 1 saturated heterocycles. The third-order valence-corrected chi connectivity index (χ3v) is 3.85. The summed E-state index contributed by atoms with van der Waals surface area (Å²) in [7, 11) is 0. The number of carbonyl (C=O) groups is 2. The van der Waals surface area contributed by atoms with E-state index in [-0.39, 0.29) is 17.7 Å². The van der Waals surface area contributed by atoms with Gasteiger partial charge >= 0.3 is 0 Å². The molecule has 1 aliphatic rings. The monoisotopic (exact) mass is 282 g/mol. The SMILES string of the molecule is CCCNC(=O)C1CCCN(C(=O)c2cnns2)C1. The summed E-state index contributed by atoms with van der Waals surface area (Å²) < 4.78 is 3.70. The summed E-state index contributed by atoms with van der Waals surface area (Å²) >= 11 is 1.10. The van der Waals surface area contributed by atoms with Crippen molar-refractivity contribution in [3.8, 4) is 0 Å². The number of likely N-dealkylation sites (tertiary alicyclic amines) is 1. The lowest BCUT2D eigenvalue weighted by Gasteiger charge is -2.31. The molecule has 1 unspecified atom stereocenters. The first-order chi connectivity index (χ1) is 9.22. The van der Waals surface area contributed by atoms with Crippen LogP contribution in [-0.2, 0) is 4.79 Å². The average Bonchev–Trinajstić information content (AvgIpc) is 2.98. The van der Waals surface area contributed by atoms with Crippen LogP contribution in [0.25, 0.3) is 0 Å². The minimum atomic E-state index is -0.0925. The fourth-order valence-electron chi connectivity index (χ4n) is 2.19. The van der Waals surface area contributed by atoms with Crippen molar-refractivity contribution >= 4 is 23.3 Å². The van der Waals surface area contributed by atoms with Gasteiger partial charge in [-0.1, -0.05) is 11.4 Å². The van der Waals surface area contributed by atoms with Crippen LogP contribution < -0.4 is 5.32 Å². The number of rotatable bonds is 4. The Morgan fingerprint density at radius 1 is 1.58 bits per heavy atom. The molecule has 0 spiro atoms. The first-order valence-corrected chi connectivity index (χ1v) is 7.34. The van der Waals surface area contributed by atoms with E-state index in [9.17, 15) is 9.59 Å². The molecular weight excluding hydrogens is 264 g/mol. The number of nitrogens with one attached hydrogen (secondary N) is 1. The molecule has 1 aromatic rings. The highest BCUT2D eigenvalue weighted by Crippen LogP contribution is 2.19. The van der Waals surface area contributed by atoms with E-state index in [4.69, 9.17) is 0 Å². The molecule has 0 bridgehead atoms. The molecule has 2 amide bonds. The van der Waals surface area contributed by atoms with E-state index in [1.165, 1.54) is 6.20 Å². The van der Waals surface area contributed by atoms with Crippen molar-refractivity contribution in [3.05, 3.63) is 11.1 Å². The van der Waals surface area contributed by atoms with Gasteiger partial charge in [0.05, 0.1) is 12.1 Å². The molecule has 1 atom stereocenters. The molecule has 0 aliphatic carbocycles. The summed E-state index contributed by atoms with van der Waals surface area (Å²) in [5, 5.41) is 6.57. The van der Waals surface area contributed by atoms with E-state index >= 15 is 0 Å². The molecule has 2 rings (SSSR count). The topological polar surface area (TPSA) is 75.2 Å².